The first-order valence-corrected chi connectivity index (χ1v) is 9.81. The predicted octanol–water partition coefficient (Wildman–Crippen LogP) is 2.69. The first kappa shape index (κ1) is 17.5. The Morgan fingerprint density at radius 3 is 2.86 bits per heavy atom. The topological polar surface area (TPSA) is 75.3 Å². The molecule has 3 aromatic heterocycles. The van der Waals surface area contributed by atoms with Crippen LogP contribution in [0.4, 0.5) is 11.6 Å². The maximum absolute atomic E-state index is 4.68. The van der Waals surface area contributed by atoms with E-state index in [9.17, 15) is 0 Å². The summed E-state index contributed by atoms with van der Waals surface area (Å²) >= 11 is 0. The fourth-order valence-corrected chi connectivity index (χ4v) is 4.01. The van der Waals surface area contributed by atoms with Crippen LogP contribution in [0.2, 0.25) is 0 Å². The van der Waals surface area contributed by atoms with Gasteiger partial charge in [0.25, 0.3) is 5.78 Å². The number of benzene rings is 1. The Labute approximate surface area is 168 Å². The molecule has 0 saturated carbocycles. The summed E-state index contributed by atoms with van der Waals surface area (Å²) in [6, 6.07) is 16.6. The molecule has 8 heteroatoms. The number of nitrogens with zero attached hydrogens (tertiary/aromatic N) is 8. The molecule has 4 aromatic rings. The van der Waals surface area contributed by atoms with Gasteiger partial charge in [-0.1, -0.05) is 30.3 Å². The standard InChI is InChI=1S/C21H22N8/c1-27(14-17-9-6-12-28(17)19-10-5-11-23-26-19)20-13-18(16-7-3-2-4-8-16)25-21-22-15-24-29(20)21/h2-5,7-8,10-11,13,15,17H,6,9,12,14H2,1H3. The zero-order valence-electron chi connectivity index (χ0n) is 16.3. The molecule has 0 amide bonds. The van der Waals surface area contributed by atoms with E-state index in [4.69, 9.17) is 0 Å². The van der Waals surface area contributed by atoms with E-state index in [-0.39, 0.29) is 0 Å². The lowest BCUT2D eigenvalue weighted by Gasteiger charge is -2.30. The lowest BCUT2D eigenvalue weighted by Crippen LogP contribution is -2.40. The summed E-state index contributed by atoms with van der Waals surface area (Å²) in [7, 11) is 2.10. The van der Waals surface area contributed by atoms with E-state index < -0.39 is 0 Å². The van der Waals surface area contributed by atoms with Gasteiger partial charge in [-0.05, 0) is 25.0 Å². The van der Waals surface area contributed by atoms with Crippen molar-refractivity contribution in [1.29, 1.82) is 0 Å². The Hall–Kier alpha value is -3.55. The molecule has 1 aromatic carbocycles. The number of hydrogen-bond donors (Lipinski definition) is 0. The molecule has 1 atom stereocenters. The second kappa shape index (κ2) is 7.46. The van der Waals surface area contributed by atoms with Gasteiger partial charge in [0, 0.05) is 44.0 Å². The van der Waals surface area contributed by atoms with E-state index in [0.29, 0.717) is 11.8 Å². The van der Waals surface area contributed by atoms with Crippen molar-refractivity contribution >= 4 is 17.4 Å². The first-order valence-electron chi connectivity index (χ1n) is 9.81. The number of anilines is 2. The van der Waals surface area contributed by atoms with Crippen LogP contribution in [-0.4, -0.2) is 56.0 Å². The third kappa shape index (κ3) is 3.37. The zero-order chi connectivity index (χ0) is 19.6. The number of aromatic nitrogens is 6. The smallest absolute Gasteiger partial charge is 0.254 e. The first-order chi connectivity index (χ1) is 14.3. The largest absolute Gasteiger partial charge is 0.357 e. The highest BCUT2D eigenvalue weighted by Crippen LogP contribution is 2.27. The minimum Gasteiger partial charge on any atom is -0.357 e. The highest BCUT2D eigenvalue weighted by atomic mass is 15.4. The molecule has 146 valence electrons. The number of fused-ring (bicyclic) bond motifs is 1. The fraction of sp³-hybridized carbons (Fsp3) is 0.286. The van der Waals surface area contributed by atoms with Crippen LogP contribution in [0.15, 0.2) is 61.1 Å². The third-order valence-electron chi connectivity index (χ3n) is 5.41. The Morgan fingerprint density at radius 2 is 2.03 bits per heavy atom. The van der Waals surface area contributed by atoms with Crippen LogP contribution in [0.5, 0.6) is 0 Å². The molecule has 0 aliphatic carbocycles. The maximum Gasteiger partial charge on any atom is 0.254 e. The van der Waals surface area contributed by atoms with Crippen LogP contribution in [0.1, 0.15) is 12.8 Å². The monoisotopic (exact) mass is 386 g/mol. The van der Waals surface area contributed by atoms with Gasteiger partial charge in [0.1, 0.15) is 12.1 Å². The molecule has 1 saturated heterocycles. The third-order valence-corrected chi connectivity index (χ3v) is 5.41. The summed E-state index contributed by atoms with van der Waals surface area (Å²) in [5, 5.41) is 12.7. The van der Waals surface area contributed by atoms with E-state index >= 15 is 0 Å². The molecule has 0 N–H and O–H groups in total. The Kier molecular flexibility index (Phi) is 4.51. The second-order valence-electron chi connectivity index (χ2n) is 7.29. The lowest BCUT2D eigenvalue weighted by atomic mass is 10.1. The van der Waals surface area contributed by atoms with Gasteiger partial charge in [0.05, 0.1) is 5.69 Å². The predicted molar refractivity (Wildman–Crippen MR) is 112 cm³/mol. The molecule has 8 nitrogen and oxygen atoms in total. The molecule has 1 unspecified atom stereocenters. The molecule has 29 heavy (non-hydrogen) atoms. The van der Waals surface area contributed by atoms with Gasteiger partial charge in [0.15, 0.2) is 5.82 Å². The lowest BCUT2D eigenvalue weighted by molar-refractivity contribution is 0.639. The molecular weight excluding hydrogens is 364 g/mol. The molecule has 4 heterocycles. The molecule has 1 aliphatic heterocycles. The molecule has 5 rings (SSSR count). The van der Waals surface area contributed by atoms with E-state index in [1.807, 2.05) is 30.3 Å². The average molecular weight is 386 g/mol. The van der Waals surface area contributed by atoms with Crippen molar-refractivity contribution in [2.24, 2.45) is 0 Å². The number of hydrogen-bond acceptors (Lipinski definition) is 7. The summed E-state index contributed by atoms with van der Waals surface area (Å²) in [4.78, 5) is 13.6. The van der Waals surface area contributed by atoms with Gasteiger partial charge in [-0.3, -0.25) is 0 Å². The minimum atomic E-state index is 0.364. The van der Waals surface area contributed by atoms with Crippen LogP contribution in [0.3, 0.4) is 0 Å². The van der Waals surface area contributed by atoms with E-state index in [1.54, 1.807) is 17.0 Å². The molecule has 0 radical (unpaired) electrons. The van der Waals surface area contributed by atoms with Crippen LogP contribution in [0.25, 0.3) is 17.0 Å². The van der Waals surface area contributed by atoms with Crippen LogP contribution >= 0.6 is 0 Å². The van der Waals surface area contributed by atoms with E-state index in [2.05, 4.69) is 60.3 Å². The zero-order valence-corrected chi connectivity index (χ0v) is 16.3. The fourth-order valence-electron chi connectivity index (χ4n) is 4.01. The van der Waals surface area contributed by atoms with Gasteiger partial charge in [-0.2, -0.15) is 19.7 Å². The normalized spacial score (nSPS) is 16.4. The summed E-state index contributed by atoms with van der Waals surface area (Å²) in [5.74, 6) is 2.51. The van der Waals surface area contributed by atoms with Crippen LogP contribution in [0, 0.1) is 0 Å². The number of likely N-dealkylation sites (N-methyl/N-ethyl adjacent to an activating group) is 1. The quantitative estimate of drug-likeness (QED) is 0.522. The van der Waals surface area contributed by atoms with Crippen molar-refractivity contribution in [3.63, 3.8) is 0 Å². The molecule has 0 spiro atoms. The molecule has 1 aliphatic rings. The minimum absolute atomic E-state index is 0.364. The van der Waals surface area contributed by atoms with Gasteiger partial charge in [-0.25, -0.2) is 4.98 Å². The van der Waals surface area contributed by atoms with Crippen molar-refractivity contribution in [2.45, 2.75) is 18.9 Å². The summed E-state index contributed by atoms with van der Waals surface area (Å²) in [6.07, 6.45) is 5.54. The van der Waals surface area contributed by atoms with Crippen LogP contribution in [-0.2, 0) is 0 Å². The van der Waals surface area contributed by atoms with Crippen molar-refractivity contribution in [3.05, 3.63) is 61.1 Å². The highest BCUT2D eigenvalue weighted by Gasteiger charge is 2.27. The van der Waals surface area contributed by atoms with E-state index in [0.717, 1.165) is 48.8 Å². The Bertz CT molecular complexity index is 1100. The van der Waals surface area contributed by atoms with Crippen molar-refractivity contribution in [1.82, 2.24) is 29.8 Å². The van der Waals surface area contributed by atoms with Crippen molar-refractivity contribution in [2.75, 3.05) is 29.9 Å². The van der Waals surface area contributed by atoms with E-state index in [1.165, 1.54) is 0 Å². The van der Waals surface area contributed by atoms with Crippen molar-refractivity contribution < 1.29 is 0 Å². The SMILES string of the molecule is CN(CC1CCCN1c1cccnn1)c1cc(-c2ccccc2)nc2ncnn12. The van der Waals surface area contributed by atoms with Gasteiger partial charge < -0.3 is 9.80 Å². The second-order valence-corrected chi connectivity index (χ2v) is 7.29. The van der Waals surface area contributed by atoms with Gasteiger partial charge in [-0.15, -0.1) is 5.10 Å². The summed E-state index contributed by atoms with van der Waals surface area (Å²) in [6.45, 7) is 1.85. The van der Waals surface area contributed by atoms with Gasteiger partial charge in [0.2, 0.25) is 0 Å². The summed E-state index contributed by atoms with van der Waals surface area (Å²) < 4.78 is 1.80. The Morgan fingerprint density at radius 1 is 1.14 bits per heavy atom. The van der Waals surface area contributed by atoms with Crippen molar-refractivity contribution in [3.8, 4) is 11.3 Å². The average Bonchev–Trinajstić information content (AvgIpc) is 3.43. The maximum atomic E-state index is 4.68. The van der Waals surface area contributed by atoms with Crippen LogP contribution < -0.4 is 9.80 Å². The highest BCUT2D eigenvalue weighted by molar-refractivity contribution is 5.65. The molecular formula is C21H22N8. The van der Waals surface area contributed by atoms with Gasteiger partial charge >= 0.3 is 0 Å². The molecule has 1 fully saturated rings. The molecule has 0 bridgehead atoms. The number of rotatable bonds is 5. The Balaban J connectivity index is 1.46. The summed E-state index contributed by atoms with van der Waals surface area (Å²) in [5.41, 5.74) is 1.96.